The number of nitro groups is 1. The van der Waals surface area contributed by atoms with Crippen LogP contribution >= 0.6 is 11.3 Å². The SMILES string of the molecule is CCOCCn1c(=NC(=O)Cc2ccc(S(=O)(=O)CC)cc2)sc2cc([N+](=O)[O-])ccc21. The van der Waals surface area contributed by atoms with E-state index in [0.717, 1.165) is 5.52 Å². The maximum absolute atomic E-state index is 12.6. The van der Waals surface area contributed by atoms with Crippen molar-refractivity contribution in [2.24, 2.45) is 4.99 Å². The van der Waals surface area contributed by atoms with Crippen molar-refractivity contribution in [3.8, 4) is 0 Å². The number of benzene rings is 2. The topological polar surface area (TPSA) is 121 Å². The molecule has 11 heteroatoms. The minimum Gasteiger partial charge on any atom is -0.380 e. The fraction of sp³-hybridized carbons (Fsp3) is 0.333. The normalized spacial score (nSPS) is 12.4. The molecule has 0 saturated carbocycles. The summed E-state index contributed by atoms with van der Waals surface area (Å²) < 4.78 is 31.8. The standard InChI is InChI=1S/C21H23N3O6S2/c1-3-30-12-11-23-18-10-7-16(24(26)27)14-19(18)31-21(23)22-20(25)13-15-5-8-17(9-6-15)32(28,29)4-2/h5-10,14H,3-4,11-13H2,1-2H3. The van der Waals surface area contributed by atoms with Crippen LogP contribution in [-0.4, -0.2) is 42.8 Å². The van der Waals surface area contributed by atoms with Crippen LogP contribution in [0.2, 0.25) is 0 Å². The van der Waals surface area contributed by atoms with Crippen LogP contribution in [0.25, 0.3) is 10.2 Å². The number of hydrogen-bond donors (Lipinski definition) is 0. The van der Waals surface area contributed by atoms with Gasteiger partial charge in [0.25, 0.3) is 11.6 Å². The van der Waals surface area contributed by atoms with Crippen LogP contribution in [0.15, 0.2) is 52.4 Å². The van der Waals surface area contributed by atoms with Crippen LogP contribution < -0.4 is 4.80 Å². The first-order valence-electron chi connectivity index (χ1n) is 10.00. The zero-order chi connectivity index (χ0) is 23.3. The van der Waals surface area contributed by atoms with Crippen LogP contribution in [0.5, 0.6) is 0 Å². The third kappa shape index (κ3) is 5.47. The fourth-order valence-corrected chi connectivity index (χ4v) is 5.07. The number of fused-ring (bicyclic) bond motifs is 1. The smallest absolute Gasteiger partial charge is 0.270 e. The molecule has 0 aliphatic rings. The van der Waals surface area contributed by atoms with Gasteiger partial charge in [0.15, 0.2) is 14.6 Å². The molecule has 0 radical (unpaired) electrons. The van der Waals surface area contributed by atoms with E-state index in [2.05, 4.69) is 4.99 Å². The van der Waals surface area contributed by atoms with Gasteiger partial charge in [-0.2, -0.15) is 4.99 Å². The van der Waals surface area contributed by atoms with E-state index in [1.54, 1.807) is 25.1 Å². The number of rotatable bonds is 9. The lowest BCUT2D eigenvalue weighted by Crippen LogP contribution is -2.20. The number of carbonyl (C=O) groups excluding carboxylic acids is 1. The van der Waals surface area contributed by atoms with Crippen LogP contribution in [0.1, 0.15) is 19.4 Å². The first-order chi connectivity index (χ1) is 15.2. The number of nitrogens with zero attached hydrogens (tertiary/aromatic N) is 3. The Morgan fingerprint density at radius 3 is 2.53 bits per heavy atom. The Bertz CT molecular complexity index is 1310. The van der Waals surface area contributed by atoms with Gasteiger partial charge in [0.1, 0.15) is 0 Å². The molecule has 0 N–H and O–H groups in total. The predicted octanol–water partition coefficient (Wildman–Crippen LogP) is 3.11. The molecule has 0 spiro atoms. The monoisotopic (exact) mass is 477 g/mol. The summed E-state index contributed by atoms with van der Waals surface area (Å²) in [5.41, 5.74) is 1.35. The first-order valence-corrected chi connectivity index (χ1v) is 12.5. The van der Waals surface area contributed by atoms with Gasteiger partial charge in [0.05, 0.1) is 38.8 Å². The zero-order valence-corrected chi connectivity index (χ0v) is 19.3. The van der Waals surface area contributed by atoms with E-state index in [0.29, 0.717) is 34.8 Å². The molecule has 0 atom stereocenters. The molecule has 0 aliphatic heterocycles. The molecule has 3 rings (SSSR count). The van der Waals surface area contributed by atoms with Crippen LogP contribution in [0.4, 0.5) is 5.69 Å². The highest BCUT2D eigenvalue weighted by Gasteiger charge is 2.14. The lowest BCUT2D eigenvalue weighted by molar-refractivity contribution is -0.384. The van der Waals surface area contributed by atoms with E-state index in [1.165, 1.54) is 35.6 Å². The molecule has 0 unspecified atom stereocenters. The molecule has 0 aliphatic carbocycles. The molecular weight excluding hydrogens is 454 g/mol. The number of ether oxygens (including phenoxy) is 1. The van der Waals surface area contributed by atoms with E-state index in [-0.39, 0.29) is 22.8 Å². The Morgan fingerprint density at radius 1 is 1.19 bits per heavy atom. The van der Waals surface area contributed by atoms with Crippen molar-refractivity contribution >= 4 is 43.0 Å². The van der Waals surface area contributed by atoms with Crippen molar-refractivity contribution in [3.05, 3.63) is 62.9 Å². The molecule has 9 nitrogen and oxygen atoms in total. The summed E-state index contributed by atoms with van der Waals surface area (Å²) in [7, 11) is -3.30. The van der Waals surface area contributed by atoms with Crippen LogP contribution in [0.3, 0.4) is 0 Å². The molecule has 1 heterocycles. The summed E-state index contributed by atoms with van der Waals surface area (Å²) in [6.07, 6.45) is 0.00626. The van der Waals surface area contributed by atoms with E-state index in [9.17, 15) is 23.3 Å². The lowest BCUT2D eigenvalue weighted by atomic mass is 10.1. The molecular formula is C21H23N3O6S2. The van der Waals surface area contributed by atoms with Gasteiger partial charge in [0.2, 0.25) is 0 Å². The molecule has 3 aromatic rings. The molecule has 1 aromatic heterocycles. The van der Waals surface area contributed by atoms with Crippen molar-refractivity contribution < 1.29 is 22.9 Å². The van der Waals surface area contributed by atoms with Crippen LogP contribution in [0, 0.1) is 10.1 Å². The van der Waals surface area contributed by atoms with Crippen molar-refractivity contribution in [1.82, 2.24) is 4.57 Å². The number of non-ortho nitro benzene ring substituents is 1. The first kappa shape index (κ1) is 23.8. The largest absolute Gasteiger partial charge is 0.380 e. The van der Waals surface area contributed by atoms with Gasteiger partial charge in [-0.05, 0) is 30.7 Å². The Balaban J connectivity index is 1.92. The van der Waals surface area contributed by atoms with E-state index >= 15 is 0 Å². The highest BCUT2D eigenvalue weighted by molar-refractivity contribution is 7.91. The van der Waals surface area contributed by atoms with Crippen molar-refractivity contribution in [2.45, 2.75) is 31.7 Å². The third-order valence-corrected chi connectivity index (χ3v) is 7.57. The summed E-state index contributed by atoms with van der Waals surface area (Å²) in [5, 5.41) is 11.1. The molecule has 0 saturated heterocycles. The Hall–Kier alpha value is -2.89. The minimum atomic E-state index is -3.30. The second-order valence-electron chi connectivity index (χ2n) is 6.87. The van der Waals surface area contributed by atoms with Gasteiger partial charge in [-0.1, -0.05) is 30.4 Å². The van der Waals surface area contributed by atoms with E-state index in [4.69, 9.17) is 4.74 Å². The average molecular weight is 478 g/mol. The summed E-state index contributed by atoms with van der Waals surface area (Å²) >= 11 is 1.20. The highest BCUT2D eigenvalue weighted by Crippen LogP contribution is 2.23. The maximum Gasteiger partial charge on any atom is 0.270 e. The number of amides is 1. The Morgan fingerprint density at radius 2 is 1.91 bits per heavy atom. The van der Waals surface area contributed by atoms with Gasteiger partial charge in [0, 0.05) is 25.3 Å². The molecule has 0 bridgehead atoms. The zero-order valence-electron chi connectivity index (χ0n) is 17.7. The van der Waals surface area contributed by atoms with E-state index in [1.807, 2.05) is 11.5 Å². The Labute approximate surface area is 189 Å². The quantitative estimate of drug-likeness (QED) is 0.265. The van der Waals surface area contributed by atoms with Gasteiger partial charge in [-0.15, -0.1) is 0 Å². The minimum absolute atomic E-state index is 0.00626. The summed E-state index contributed by atoms with van der Waals surface area (Å²) in [5.74, 6) is -0.394. The van der Waals surface area contributed by atoms with E-state index < -0.39 is 20.7 Å². The van der Waals surface area contributed by atoms with Gasteiger partial charge < -0.3 is 9.30 Å². The van der Waals surface area contributed by atoms with Crippen LogP contribution in [-0.2, 0) is 32.3 Å². The number of aromatic nitrogens is 1. The second-order valence-corrected chi connectivity index (χ2v) is 10.2. The molecule has 32 heavy (non-hydrogen) atoms. The summed E-state index contributed by atoms with van der Waals surface area (Å²) in [6.45, 7) is 4.86. The second kappa shape index (κ2) is 10.2. The van der Waals surface area contributed by atoms with Gasteiger partial charge in [-0.25, -0.2) is 8.42 Å². The summed E-state index contributed by atoms with van der Waals surface area (Å²) in [4.78, 5) is 28.1. The number of carbonyl (C=O) groups is 1. The lowest BCUT2D eigenvalue weighted by Gasteiger charge is -2.05. The number of hydrogen-bond acceptors (Lipinski definition) is 7. The molecule has 0 fully saturated rings. The fourth-order valence-electron chi connectivity index (χ4n) is 3.08. The molecule has 170 valence electrons. The highest BCUT2D eigenvalue weighted by atomic mass is 32.2. The molecule has 2 aromatic carbocycles. The molecule has 1 amide bonds. The number of nitro benzene ring substituents is 1. The van der Waals surface area contributed by atoms with Gasteiger partial charge in [-0.3, -0.25) is 14.9 Å². The van der Waals surface area contributed by atoms with Crippen molar-refractivity contribution in [1.29, 1.82) is 0 Å². The summed E-state index contributed by atoms with van der Waals surface area (Å²) in [6, 6.07) is 10.7. The maximum atomic E-state index is 12.6. The van der Waals surface area contributed by atoms with Crippen molar-refractivity contribution in [2.75, 3.05) is 19.0 Å². The van der Waals surface area contributed by atoms with Crippen molar-refractivity contribution in [3.63, 3.8) is 0 Å². The average Bonchev–Trinajstić information content (AvgIpc) is 3.10. The van der Waals surface area contributed by atoms with Gasteiger partial charge >= 0.3 is 0 Å². The predicted molar refractivity (Wildman–Crippen MR) is 121 cm³/mol. The Kier molecular flexibility index (Phi) is 7.54. The number of sulfone groups is 1. The number of thiazole rings is 1. The third-order valence-electron chi connectivity index (χ3n) is 4.78.